The van der Waals surface area contributed by atoms with E-state index in [9.17, 15) is 0 Å². The zero-order chi connectivity index (χ0) is 8.68. The molecule has 0 N–H and O–H groups in total. The van der Waals surface area contributed by atoms with Gasteiger partial charge in [-0.2, -0.15) is 0 Å². The van der Waals surface area contributed by atoms with Gasteiger partial charge in [0, 0.05) is 16.2 Å². The summed E-state index contributed by atoms with van der Waals surface area (Å²) in [7, 11) is 0. The number of ether oxygens (including phenoxy) is 1. The van der Waals surface area contributed by atoms with Crippen molar-refractivity contribution in [2.45, 2.75) is 43.3 Å². The lowest BCUT2D eigenvalue weighted by molar-refractivity contribution is 0.258. The second kappa shape index (κ2) is 1.85. The molecule has 1 aliphatic heterocycles. The highest BCUT2D eigenvalue weighted by Crippen LogP contribution is 2.80. The second-order valence-electron chi connectivity index (χ2n) is 5.18. The van der Waals surface area contributed by atoms with E-state index < -0.39 is 0 Å². The minimum Gasteiger partial charge on any atom is -0.370 e. The third-order valence-electron chi connectivity index (χ3n) is 4.83. The third kappa shape index (κ3) is 0.618. The molecule has 1 heterocycles. The fourth-order valence-electron chi connectivity index (χ4n) is 3.92. The molecule has 2 saturated carbocycles. The largest absolute Gasteiger partial charge is 0.370 e. The van der Waals surface area contributed by atoms with Gasteiger partial charge in [-0.3, -0.25) is 0 Å². The molecule has 0 bridgehead atoms. The van der Waals surface area contributed by atoms with E-state index in [4.69, 9.17) is 16.3 Å². The summed E-state index contributed by atoms with van der Waals surface area (Å²) in [5.74, 6) is 0. The first-order chi connectivity index (χ1) is 6.29. The van der Waals surface area contributed by atoms with Crippen molar-refractivity contribution in [3.8, 4) is 0 Å². The first kappa shape index (κ1) is 7.30. The molecule has 13 heavy (non-hydrogen) atoms. The van der Waals surface area contributed by atoms with Crippen molar-refractivity contribution in [2.75, 3.05) is 0 Å². The fourth-order valence-corrected chi connectivity index (χ4v) is 4.64. The Morgan fingerprint density at radius 3 is 2.15 bits per heavy atom. The summed E-state index contributed by atoms with van der Waals surface area (Å²) >= 11 is 6.50. The van der Waals surface area contributed by atoms with E-state index in [2.05, 4.69) is 12.2 Å². The van der Waals surface area contributed by atoms with Gasteiger partial charge >= 0.3 is 0 Å². The van der Waals surface area contributed by atoms with Crippen molar-refractivity contribution in [1.82, 2.24) is 0 Å². The smallest absolute Gasteiger partial charge is 0.0848 e. The van der Waals surface area contributed by atoms with Crippen LogP contribution >= 0.6 is 11.6 Å². The lowest BCUT2D eigenvalue weighted by Crippen LogP contribution is -2.25. The first-order valence-electron chi connectivity index (χ1n) is 5.23. The highest BCUT2D eigenvalue weighted by atomic mass is 35.5. The first-order valence-corrected chi connectivity index (χ1v) is 5.67. The molecule has 3 aliphatic carbocycles. The molecule has 0 amide bonds. The summed E-state index contributed by atoms with van der Waals surface area (Å²) in [6.45, 7) is 0. The highest BCUT2D eigenvalue weighted by Gasteiger charge is 2.80. The monoisotopic (exact) mass is 196 g/mol. The number of fused-ring (bicyclic) bond motifs is 1. The molecule has 1 saturated heterocycles. The lowest BCUT2D eigenvalue weighted by atomic mass is 9.73. The Bertz CT molecular complexity index is 285. The maximum Gasteiger partial charge on any atom is 0.0848 e. The van der Waals surface area contributed by atoms with Crippen LogP contribution in [0, 0.1) is 10.8 Å². The van der Waals surface area contributed by atoms with Gasteiger partial charge in [0.05, 0.1) is 12.2 Å². The number of alkyl halides is 1. The molecule has 70 valence electrons. The van der Waals surface area contributed by atoms with E-state index >= 15 is 0 Å². The molecule has 4 rings (SSSR count). The number of rotatable bonds is 0. The molecular formula is C11H13ClO. The molecule has 0 aromatic rings. The van der Waals surface area contributed by atoms with Crippen LogP contribution in [0.5, 0.6) is 0 Å². The summed E-state index contributed by atoms with van der Waals surface area (Å²) in [6, 6.07) is 0. The van der Waals surface area contributed by atoms with Gasteiger partial charge < -0.3 is 4.74 Å². The summed E-state index contributed by atoms with van der Waals surface area (Å²) in [5.41, 5.74) is 0.891. The van der Waals surface area contributed by atoms with Crippen LogP contribution in [0.15, 0.2) is 12.2 Å². The van der Waals surface area contributed by atoms with Crippen molar-refractivity contribution in [3.05, 3.63) is 12.2 Å². The molecule has 2 heteroatoms. The molecular weight excluding hydrogens is 184 g/mol. The van der Waals surface area contributed by atoms with Crippen LogP contribution in [0.1, 0.15) is 25.7 Å². The van der Waals surface area contributed by atoms with E-state index in [-0.39, 0.29) is 0 Å². The zero-order valence-corrected chi connectivity index (χ0v) is 8.26. The van der Waals surface area contributed by atoms with Crippen molar-refractivity contribution in [1.29, 1.82) is 0 Å². The van der Waals surface area contributed by atoms with Gasteiger partial charge in [-0.05, 0) is 25.7 Å². The van der Waals surface area contributed by atoms with E-state index in [1.165, 1.54) is 25.7 Å². The van der Waals surface area contributed by atoms with E-state index in [0.717, 1.165) is 0 Å². The Morgan fingerprint density at radius 2 is 1.62 bits per heavy atom. The lowest BCUT2D eigenvalue weighted by Gasteiger charge is -2.28. The van der Waals surface area contributed by atoms with E-state index in [0.29, 0.717) is 28.4 Å². The van der Waals surface area contributed by atoms with Crippen molar-refractivity contribution < 1.29 is 4.74 Å². The number of hydrogen-bond donors (Lipinski definition) is 0. The zero-order valence-electron chi connectivity index (χ0n) is 7.50. The normalized spacial score (nSPS) is 66.4. The minimum absolute atomic E-state index is 0.436. The van der Waals surface area contributed by atoms with Crippen LogP contribution < -0.4 is 0 Å². The van der Waals surface area contributed by atoms with Crippen LogP contribution in [-0.4, -0.2) is 17.6 Å². The Hall–Kier alpha value is -0.0100. The molecule has 1 unspecified atom stereocenters. The summed E-state index contributed by atoms with van der Waals surface area (Å²) < 4.78 is 5.62. The molecule has 0 spiro atoms. The predicted molar refractivity (Wildman–Crippen MR) is 50.8 cm³/mol. The van der Waals surface area contributed by atoms with Crippen molar-refractivity contribution in [3.63, 3.8) is 0 Å². The Kier molecular flexibility index (Phi) is 1.04. The van der Waals surface area contributed by atoms with Gasteiger partial charge in [0.1, 0.15) is 0 Å². The van der Waals surface area contributed by atoms with Crippen LogP contribution in [0.3, 0.4) is 0 Å². The van der Waals surface area contributed by atoms with Crippen molar-refractivity contribution in [2.24, 2.45) is 10.8 Å². The van der Waals surface area contributed by atoms with E-state index in [1.807, 2.05) is 0 Å². The van der Waals surface area contributed by atoms with Gasteiger partial charge in [0.2, 0.25) is 0 Å². The quantitative estimate of drug-likeness (QED) is 0.330. The number of halogens is 1. The van der Waals surface area contributed by atoms with Gasteiger partial charge in [-0.1, -0.05) is 12.2 Å². The molecule has 0 aromatic carbocycles. The summed E-state index contributed by atoms with van der Waals surface area (Å²) in [6.07, 6.45) is 10.7. The second-order valence-corrected chi connectivity index (χ2v) is 5.61. The summed E-state index contributed by atoms with van der Waals surface area (Å²) in [5, 5.41) is 0.436. The standard InChI is InChI=1S/C11H13ClO/c12-9-10-3-1-2-4-11(9,10)6-8-7(5-10)13-8/h1-2,7-9H,3-6H2/t7-,8+,9?,10+,11-. The topological polar surface area (TPSA) is 12.5 Å². The molecule has 4 aliphatic rings. The number of epoxide rings is 1. The third-order valence-corrected chi connectivity index (χ3v) is 5.66. The van der Waals surface area contributed by atoms with Gasteiger partial charge in [-0.15, -0.1) is 11.6 Å². The van der Waals surface area contributed by atoms with Gasteiger partial charge in [0.15, 0.2) is 0 Å². The molecule has 1 nitrogen and oxygen atoms in total. The Labute approximate surface area is 83.1 Å². The van der Waals surface area contributed by atoms with Crippen LogP contribution in [-0.2, 0) is 4.74 Å². The number of allylic oxidation sites excluding steroid dienone is 2. The fraction of sp³-hybridized carbons (Fsp3) is 0.818. The molecule has 5 atom stereocenters. The average Bonchev–Trinajstić information content (AvgIpc) is 2.99. The summed E-state index contributed by atoms with van der Waals surface area (Å²) in [4.78, 5) is 0. The number of hydrogen-bond acceptors (Lipinski definition) is 1. The average molecular weight is 197 g/mol. The van der Waals surface area contributed by atoms with Gasteiger partial charge in [-0.25, -0.2) is 0 Å². The highest BCUT2D eigenvalue weighted by molar-refractivity contribution is 6.24. The van der Waals surface area contributed by atoms with Crippen LogP contribution in [0.2, 0.25) is 0 Å². The van der Waals surface area contributed by atoms with Crippen molar-refractivity contribution >= 4 is 11.6 Å². The van der Waals surface area contributed by atoms with E-state index in [1.54, 1.807) is 0 Å². The maximum atomic E-state index is 6.50. The SMILES string of the molecule is ClC1[C@@]23CC=CC[C@@]12C[C@@H]1O[C@@H]1C3. The Morgan fingerprint density at radius 1 is 1.08 bits per heavy atom. The van der Waals surface area contributed by atoms with Crippen LogP contribution in [0.25, 0.3) is 0 Å². The maximum absolute atomic E-state index is 6.50. The molecule has 0 radical (unpaired) electrons. The van der Waals surface area contributed by atoms with Gasteiger partial charge in [0.25, 0.3) is 0 Å². The van der Waals surface area contributed by atoms with Crippen LogP contribution in [0.4, 0.5) is 0 Å². The molecule has 3 fully saturated rings. The molecule has 0 aromatic heterocycles. The Balaban J connectivity index is 1.80. The predicted octanol–water partition coefficient (Wildman–Crippen LogP) is 2.49. The minimum atomic E-state index is 0.436.